The number of rotatable bonds is 5. The zero-order valence-corrected chi connectivity index (χ0v) is 14.9. The SMILES string of the molecule is COc1ccc(CN[C@H]2CCN(C(C)=O)C[C@H]2C)c(Cl)c1OC. The van der Waals surface area contributed by atoms with Crippen LogP contribution in [0.1, 0.15) is 25.8 Å². The van der Waals surface area contributed by atoms with Gasteiger partial charge in [0.1, 0.15) is 0 Å². The van der Waals surface area contributed by atoms with Gasteiger partial charge in [0.05, 0.1) is 19.2 Å². The third kappa shape index (κ3) is 4.09. The summed E-state index contributed by atoms with van der Waals surface area (Å²) >= 11 is 6.41. The highest BCUT2D eigenvalue weighted by Crippen LogP contribution is 2.37. The van der Waals surface area contributed by atoms with Crippen molar-refractivity contribution in [2.45, 2.75) is 32.9 Å². The van der Waals surface area contributed by atoms with Crippen molar-refractivity contribution in [1.82, 2.24) is 10.2 Å². The lowest BCUT2D eigenvalue weighted by atomic mass is 9.93. The highest BCUT2D eigenvalue weighted by molar-refractivity contribution is 6.33. The molecule has 0 unspecified atom stereocenters. The average Bonchev–Trinajstić information content (AvgIpc) is 2.54. The molecule has 6 heteroatoms. The predicted molar refractivity (Wildman–Crippen MR) is 91.2 cm³/mol. The van der Waals surface area contributed by atoms with E-state index in [2.05, 4.69) is 12.2 Å². The number of nitrogens with zero attached hydrogens (tertiary/aromatic N) is 1. The van der Waals surface area contributed by atoms with E-state index in [-0.39, 0.29) is 5.91 Å². The first-order chi connectivity index (χ1) is 11.0. The van der Waals surface area contributed by atoms with E-state index in [0.717, 1.165) is 25.1 Å². The van der Waals surface area contributed by atoms with Gasteiger partial charge in [0.25, 0.3) is 0 Å². The second-order valence-electron chi connectivity index (χ2n) is 5.99. The summed E-state index contributed by atoms with van der Waals surface area (Å²) in [6.45, 7) is 6.06. The first-order valence-corrected chi connectivity index (χ1v) is 8.24. The summed E-state index contributed by atoms with van der Waals surface area (Å²) in [4.78, 5) is 13.4. The normalized spacial score (nSPS) is 21.2. The Morgan fingerprint density at radius 1 is 1.39 bits per heavy atom. The molecule has 2 atom stereocenters. The van der Waals surface area contributed by atoms with E-state index >= 15 is 0 Å². The summed E-state index contributed by atoms with van der Waals surface area (Å²) in [6, 6.07) is 4.19. The van der Waals surface area contributed by atoms with Crippen LogP contribution in [0.25, 0.3) is 0 Å². The number of hydrogen-bond donors (Lipinski definition) is 1. The minimum atomic E-state index is 0.151. The smallest absolute Gasteiger partial charge is 0.219 e. The van der Waals surface area contributed by atoms with E-state index in [9.17, 15) is 4.79 Å². The highest BCUT2D eigenvalue weighted by Gasteiger charge is 2.27. The first-order valence-electron chi connectivity index (χ1n) is 7.86. The van der Waals surface area contributed by atoms with Crippen LogP contribution >= 0.6 is 11.6 Å². The number of halogens is 1. The molecule has 0 radical (unpaired) electrons. The Hall–Kier alpha value is -1.46. The van der Waals surface area contributed by atoms with Crippen LogP contribution in [0, 0.1) is 5.92 Å². The second-order valence-corrected chi connectivity index (χ2v) is 6.37. The van der Waals surface area contributed by atoms with Gasteiger partial charge in [0.2, 0.25) is 5.91 Å². The Morgan fingerprint density at radius 3 is 2.70 bits per heavy atom. The molecule has 0 bridgehead atoms. The van der Waals surface area contributed by atoms with Crippen molar-refractivity contribution in [1.29, 1.82) is 0 Å². The lowest BCUT2D eigenvalue weighted by Crippen LogP contribution is -2.49. The van der Waals surface area contributed by atoms with Crippen LogP contribution in [0.4, 0.5) is 0 Å². The van der Waals surface area contributed by atoms with E-state index in [1.807, 2.05) is 17.0 Å². The molecule has 1 aliphatic rings. The maximum Gasteiger partial charge on any atom is 0.219 e. The molecule has 0 aromatic heterocycles. The monoisotopic (exact) mass is 340 g/mol. The zero-order valence-electron chi connectivity index (χ0n) is 14.2. The summed E-state index contributed by atoms with van der Waals surface area (Å²) in [5.41, 5.74) is 0.977. The molecule has 1 heterocycles. The molecule has 1 aromatic rings. The van der Waals surface area contributed by atoms with Crippen molar-refractivity contribution < 1.29 is 14.3 Å². The van der Waals surface area contributed by atoms with Crippen LogP contribution in [0.15, 0.2) is 12.1 Å². The van der Waals surface area contributed by atoms with Crippen molar-refractivity contribution in [2.24, 2.45) is 5.92 Å². The number of likely N-dealkylation sites (tertiary alicyclic amines) is 1. The minimum Gasteiger partial charge on any atom is -0.493 e. The number of carbonyl (C=O) groups is 1. The Morgan fingerprint density at radius 2 is 2.13 bits per heavy atom. The largest absolute Gasteiger partial charge is 0.493 e. The Bertz CT molecular complexity index is 565. The number of piperidine rings is 1. The van der Waals surface area contributed by atoms with E-state index in [4.69, 9.17) is 21.1 Å². The molecule has 1 aromatic carbocycles. The number of amides is 1. The van der Waals surface area contributed by atoms with Gasteiger partial charge in [0, 0.05) is 32.6 Å². The highest BCUT2D eigenvalue weighted by atomic mass is 35.5. The standard InChI is InChI=1S/C17H25ClN2O3/c1-11-10-20(12(2)21)8-7-14(11)19-9-13-5-6-15(22-3)17(23-4)16(13)18/h5-6,11,14,19H,7-10H2,1-4H3/t11-,14+/m1/s1. The number of hydrogen-bond acceptors (Lipinski definition) is 4. The van der Waals surface area contributed by atoms with Crippen LogP contribution in [0.5, 0.6) is 11.5 Å². The van der Waals surface area contributed by atoms with Crippen molar-refractivity contribution in [2.75, 3.05) is 27.3 Å². The Balaban J connectivity index is 2.00. The molecule has 1 saturated heterocycles. The lowest BCUT2D eigenvalue weighted by Gasteiger charge is -2.37. The molecule has 0 aliphatic carbocycles. The number of ether oxygens (including phenoxy) is 2. The van der Waals surface area contributed by atoms with Crippen molar-refractivity contribution in [3.05, 3.63) is 22.7 Å². The molecule has 0 saturated carbocycles. The van der Waals surface area contributed by atoms with Crippen molar-refractivity contribution >= 4 is 17.5 Å². The summed E-state index contributed by atoms with van der Waals surface area (Å²) in [6.07, 6.45) is 0.950. The quantitative estimate of drug-likeness (QED) is 0.895. The van der Waals surface area contributed by atoms with Gasteiger partial charge in [-0.2, -0.15) is 0 Å². The maximum absolute atomic E-state index is 11.5. The van der Waals surface area contributed by atoms with Crippen molar-refractivity contribution in [3.8, 4) is 11.5 Å². The molecule has 0 spiro atoms. The summed E-state index contributed by atoms with van der Waals surface area (Å²) in [7, 11) is 3.18. The molecular weight excluding hydrogens is 316 g/mol. The summed E-state index contributed by atoms with van der Waals surface area (Å²) in [5.74, 6) is 1.75. The van der Waals surface area contributed by atoms with Crippen molar-refractivity contribution in [3.63, 3.8) is 0 Å². The Labute approximate surface area is 142 Å². The van der Waals surface area contributed by atoms with Crippen LogP contribution in [0.3, 0.4) is 0 Å². The molecule has 1 fully saturated rings. The van der Waals surface area contributed by atoms with Gasteiger partial charge in [-0.15, -0.1) is 0 Å². The van der Waals surface area contributed by atoms with Gasteiger partial charge < -0.3 is 19.7 Å². The molecule has 1 N–H and O–H groups in total. The number of methoxy groups -OCH3 is 2. The molecule has 23 heavy (non-hydrogen) atoms. The van der Waals surface area contributed by atoms with E-state index in [1.165, 1.54) is 0 Å². The van der Waals surface area contributed by atoms with Gasteiger partial charge in [-0.25, -0.2) is 0 Å². The molecular formula is C17H25ClN2O3. The minimum absolute atomic E-state index is 0.151. The fraction of sp³-hybridized carbons (Fsp3) is 0.588. The average molecular weight is 341 g/mol. The molecule has 1 aliphatic heterocycles. The zero-order chi connectivity index (χ0) is 17.0. The van der Waals surface area contributed by atoms with Gasteiger partial charge in [-0.3, -0.25) is 4.79 Å². The van der Waals surface area contributed by atoms with E-state index < -0.39 is 0 Å². The molecule has 128 valence electrons. The molecule has 5 nitrogen and oxygen atoms in total. The lowest BCUT2D eigenvalue weighted by molar-refractivity contribution is -0.130. The number of nitrogens with one attached hydrogen (secondary N) is 1. The van der Waals surface area contributed by atoms with Gasteiger partial charge in [-0.1, -0.05) is 24.6 Å². The molecule has 1 amide bonds. The summed E-state index contributed by atoms with van der Waals surface area (Å²) < 4.78 is 10.6. The fourth-order valence-electron chi connectivity index (χ4n) is 3.04. The second kappa shape index (κ2) is 7.88. The van der Waals surface area contributed by atoms with Gasteiger partial charge >= 0.3 is 0 Å². The van der Waals surface area contributed by atoms with E-state index in [1.54, 1.807) is 21.1 Å². The summed E-state index contributed by atoms with van der Waals surface area (Å²) in [5, 5.41) is 4.13. The van der Waals surface area contributed by atoms with Crippen LogP contribution in [-0.2, 0) is 11.3 Å². The first kappa shape index (κ1) is 17.9. The van der Waals surface area contributed by atoms with Gasteiger partial charge in [0.15, 0.2) is 11.5 Å². The van der Waals surface area contributed by atoms with Crippen LogP contribution in [-0.4, -0.2) is 44.2 Å². The predicted octanol–water partition coefficient (Wildman–Crippen LogP) is 2.70. The third-order valence-corrected chi connectivity index (χ3v) is 4.88. The van der Waals surface area contributed by atoms with Gasteiger partial charge in [-0.05, 0) is 24.0 Å². The number of benzene rings is 1. The van der Waals surface area contributed by atoms with Crippen LogP contribution in [0.2, 0.25) is 5.02 Å². The number of carbonyl (C=O) groups excluding carboxylic acids is 1. The Kier molecular flexibility index (Phi) is 6.13. The maximum atomic E-state index is 11.5. The fourth-order valence-corrected chi connectivity index (χ4v) is 3.34. The molecule has 2 rings (SSSR count). The van der Waals surface area contributed by atoms with E-state index in [0.29, 0.717) is 35.0 Å². The van der Waals surface area contributed by atoms with Crippen LogP contribution < -0.4 is 14.8 Å². The topological polar surface area (TPSA) is 50.8 Å². The third-order valence-electron chi connectivity index (χ3n) is 4.47.